The number of carbonyl (C=O) groups is 2. The van der Waals surface area contributed by atoms with E-state index in [0.717, 1.165) is 6.42 Å². The van der Waals surface area contributed by atoms with Crippen LogP contribution >= 0.6 is 0 Å². The summed E-state index contributed by atoms with van der Waals surface area (Å²) >= 11 is 0. The predicted molar refractivity (Wildman–Crippen MR) is 37.7 cm³/mol. The molecule has 1 aliphatic rings. The zero-order valence-corrected chi connectivity index (χ0v) is 6.42. The van der Waals surface area contributed by atoms with Crippen molar-refractivity contribution >= 4 is 11.9 Å². The smallest absolute Gasteiger partial charge is 0.318 e. The van der Waals surface area contributed by atoms with Gasteiger partial charge in [0.2, 0.25) is 5.91 Å². The molecule has 0 unspecified atom stereocenters. The van der Waals surface area contributed by atoms with Crippen molar-refractivity contribution in [3.8, 4) is 0 Å². The molecule has 4 heteroatoms. The summed E-state index contributed by atoms with van der Waals surface area (Å²) in [6.07, 6.45) is 1.39. The van der Waals surface area contributed by atoms with E-state index in [4.69, 9.17) is 4.74 Å². The number of rotatable bonds is 1. The molecule has 4 nitrogen and oxygen atoms in total. The molecule has 0 aliphatic carbocycles. The maximum Gasteiger partial charge on any atom is 0.318 e. The molecule has 0 spiro atoms. The molecule has 0 radical (unpaired) electrons. The minimum Gasteiger partial charge on any atom is -0.465 e. The van der Waals surface area contributed by atoms with Crippen LogP contribution in [-0.2, 0) is 14.3 Å². The molecule has 1 aliphatic heterocycles. The summed E-state index contributed by atoms with van der Waals surface area (Å²) in [6, 6.07) is 0. The van der Waals surface area contributed by atoms with Crippen LogP contribution in [0.15, 0.2) is 0 Å². The van der Waals surface area contributed by atoms with Crippen molar-refractivity contribution in [1.29, 1.82) is 0 Å². The van der Waals surface area contributed by atoms with Gasteiger partial charge < -0.3 is 10.1 Å². The molecule has 0 saturated carbocycles. The van der Waals surface area contributed by atoms with Crippen molar-refractivity contribution in [2.24, 2.45) is 5.92 Å². The average Bonchev–Trinajstić information content (AvgIpc) is 2.04. The average molecular weight is 157 g/mol. The van der Waals surface area contributed by atoms with Gasteiger partial charge in [0.1, 0.15) is 5.92 Å². The molecular formula is C7H11NO3. The third kappa shape index (κ3) is 1.69. The molecule has 0 aromatic heterocycles. The first-order valence-corrected chi connectivity index (χ1v) is 3.64. The van der Waals surface area contributed by atoms with Crippen molar-refractivity contribution in [2.75, 3.05) is 13.7 Å². The van der Waals surface area contributed by atoms with Gasteiger partial charge in [-0.15, -0.1) is 0 Å². The van der Waals surface area contributed by atoms with Crippen LogP contribution in [0.1, 0.15) is 12.8 Å². The molecule has 1 saturated heterocycles. The molecule has 0 aromatic rings. The molecule has 62 valence electrons. The van der Waals surface area contributed by atoms with Gasteiger partial charge in [-0.1, -0.05) is 0 Å². The fourth-order valence-corrected chi connectivity index (χ4v) is 1.09. The van der Waals surface area contributed by atoms with Gasteiger partial charge in [0.05, 0.1) is 6.61 Å². The number of esters is 1. The first-order chi connectivity index (χ1) is 5.25. The van der Waals surface area contributed by atoms with Gasteiger partial charge in [-0.3, -0.25) is 9.59 Å². The summed E-state index contributed by atoms with van der Waals surface area (Å²) in [7, 11) is 1.52. The predicted octanol–water partition coefficient (Wildman–Crippen LogP) is -0.314. The first kappa shape index (κ1) is 8.04. The van der Waals surface area contributed by atoms with Crippen molar-refractivity contribution < 1.29 is 14.3 Å². The molecule has 1 amide bonds. The standard InChI is InChI=1S/C7H11NO3/c1-8-6(9)5-3-2-4-11-7(5)10/h5H,2-4H2,1H3,(H,8,9)/t5-/m0/s1. The van der Waals surface area contributed by atoms with Gasteiger partial charge in [0.15, 0.2) is 0 Å². The Balaban J connectivity index is 2.54. The molecule has 1 rings (SSSR count). The van der Waals surface area contributed by atoms with E-state index in [2.05, 4.69) is 5.32 Å². The summed E-state index contributed by atoms with van der Waals surface area (Å²) in [5.74, 6) is -1.21. The highest BCUT2D eigenvalue weighted by atomic mass is 16.5. The Morgan fingerprint density at radius 1 is 1.73 bits per heavy atom. The van der Waals surface area contributed by atoms with Crippen molar-refractivity contribution in [3.05, 3.63) is 0 Å². The quantitative estimate of drug-likeness (QED) is 0.419. The summed E-state index contributed by atoms with van der Waals surface area (Å²) in [6.45, 7) is 0.451. The van der Waals surface area contributed by atoms with E-state index in [0.29, 0.717) is 13.0 Å². The number of ether oxygens (including phenoxy) is 1. The van der Waals surface area contributed by atoms with Crippen LogP contribution in [0, 0.1) is 5.92 Å². The van der Waals surface area contributed by atoms with E-state index in [1.54, 1.807) is 0 Å². The van der Waals surface area contributed by atoms with Crippen LogP contribution in [-0.4, -0.2) is 25.5 Å². The number of nitrogens with one attached hydrogen (secondary N) is 1. The molecule has 1 N–H and O–H groups in total. The largest absolute Gasteiger partial charge is 0.465 e. The Morgan fingerprint density at radius 3 is 3.00 bits per heavy atom. The van der Waals surface area contributed by atoms with E-state index >= 15 is 0 Å². The van der Waals surface area contributed by atoms with Crippen molar-refractivity contribution in [2.45, 2.75) is 12.8 Å². The van der Waals surface area contributed by atoms with Gasteiger partial charge in [-0.2, -0.15) is 0 Å². The topological polar surface area (TPSA) is 55.4 Å². The minimum atomic E-state index is -0.575. The van der Waals surface area contributed by atoms with E-state index in [9.17, 15) is 9.59 Å². The lowest BCUT2D eigenvalue weighted by Gasteiger charge is -2.18. The third-order valence-electron chi connectivity index (χ3n) is 1.73. The molecular weight excluding hydrogens is 146 g/mol. The lowest BCUT2D eigenvalue weighted by Crippen LogP contribution is -2.37. The molecule has 1 atom stereocenters. The zero-order chi connectivity index (χ0) is 8.27. The van der Waals surface area contributed by atoms with Crippen LogP contribution in [0.5, 0.6) is 0 Å². The molecule has 1 fully saturated rings. The summed E-state index contributed by atoms with van der Waals surface area (Å²) in [5, 5.41) is 2.43. The summed E-state index contributed by atoms with van der Waals surface area (Å²) in [4.78, 5) is 21.9. The lowest BCUT2D eigenvalue weighted by molar-refractivity contribution is -0.156. The van der Waals surface area contributed by atoms with Gasteiger partial charge in [-0.05, 0) is 12.8 Å². The molecule has 1 heterocycles. The Labute approximate surface area is 64.9 Å². The number of cyclic esters (lactones) is 1. The van der Waals surface area contributed by atoms with Crippen molar-refractivity contribution in [1.82, 2.24) is 5.32 Å². The first-order valence-electron chi connectivity index (χ1n) is 3.64. The van der Waals surface area contributed by atoms with Gasteiger partial charge in [-0.25, -0.2) is 0 Å². The van der Waals surface area contributed by atoms with Gasteiger partial charge >= 0.3 is 5.97 Å². The second-order valence-electron chi connectivity index (χ2n) is 2.48. The normalized spacial score (nSPS) is 24.1. The SMILES string of the molecule is CNC(=O)[C@@H]1CCCOC1=O. The van der Waals surface area contributed by atoms with Crippen LogP contribution in [0.4, 0.5) is 0 Å². The van der Waals surface area contributed by atoms with E-state index in [1.807, 2.05) is 0 Å². The molecule has 0 aromatic carbocycles. The lowest BCUT2D eigenvalue weighted by atomic mass is 10.0. The number of amides is 1. The molecule has 11 heavy (non-hydrogen) atoms. The zero-order valence-electron chi connectivity index (χ0n) is 6.42. The number of hydrogen-bond acceptors (Lipinski definition) is 3. The number of hydrogen-bond donors (Lipinski definition) is 1. The third-order valence-corrected chi connectivity index (χ3v) is 1.73. The highest BCUT2D eigenvalue weighted by Gasteiger charge is 2.29. The maximum atomic E-state index is 11.0. The van der Waals surface area contributed by atoms with E-state index in [-0.39, 0.29) is 5.91 Å². The minimum absolute atomic E-state index is 0.241. The van der Waals surface area contributed by atoms with E-state index < -0.39 is 11.9 Å². The summed E-state index contributed by atoms with van der Waals surface area (Å²) < 4.78 is 4.71. The van der Waals surface area contributed by atoms with Crippen molar-refractivity contribution in [3.63, 3.8) is 0 Å². The second kappa shape index (κ2) is 3.37. The monoisotopic (exact) mass is 157 g/mol. The Kier molecular flexibility index (Phi) is 2.46. The summed E-state index contributed by atoms with van der Waals surface area (Å²) in [5.41, 5.74) is 0. The van der Waals surface area contributed by atoms with Gasteiger partial charge in [0.25, 0.3) is 0 Å². The van der Waals surface area contributed by atoms with Gasteiger partial charge in [0, 0.05) is 7.05 Å². The fourth-order valence-electron chi connectivity index (χ4n) is 1.09. The second-order valence-corrected chi connectivity index (χ2v) is 2.48. The maximum absolute atomic E-state index is 11.0. The number of carbonyl (C=O) groups excluding carboxylic acids is 2. The molecule has 0 bridgehead atoms. The highest BCUT2D eigenvalue weighted by Crippen LogP contribution is 2.14. The Morgan fingerprint density at radius 2 is 2.45 bits per heavy atom. The van der Waals surface area contributed by atoms with Crippen LogP contribution in [0.3, 0.4) is 0 Å². The van der Waals surface area contributed by atoms with Crippen LogP contribution < -0.4 is 5.32 Å². The van der Waals surface area contributed by atoms with Crippen LogP contribution in [0.25, 0.3) is 0 Å². The fraction of sp³-hybridized carbons (Fsp3) is 0.714. The Hall–Kier alpha value is -1.06. The Bertz CT molecular complexity index is 171. The van der Waals surface area contributed by atoms with Crippen LogP contribution in [0.2, 0.25) is 0 Å². The van der Waals surface area contributed by atoms with E-state index in [1.165, 1.54) is 7.05 Å². The highest BCUT2D eigenvalue weighted by molar-refractivity contribution is 5.97.